The Hall–Kier alpha value is -1.10. The summed E-state index contributed by atoms with van der Waals surface area (Å²) in [5.41, 5.74) is 7.46. The summed E-state index contributed by atoms with van der Waals surface area (Å²) in [6, 6.07) is 7.61. The van der Waals surface area contributed by atoms with Crippen molar-refractivity contribution in [3.63, 3.8) is 0 Å². The van der Waals surface area contributed by atoms with Crippen molar-refractivity contribution in [2.75, 3.05) is 12.0 Å². The maximum atomic E-state index is 5.97. The third-order valence-electron chi connectivity index (χ3n) is 2.17. The number of nitrogens with zero attached hydrogens (tertiary/aromatic N) is 1. The minimum Gasteiger partial charge on any atom is -0.295 e. The van der Waals surface area contributed by atoms with Gasteiger partial charge >= 0.3 is 0 Å². The van der Waals surface area contributed by atoms with Gasteiger partial charge in [0, 0.05) is 0 Å². The summed E-state index contributed by atoms with van der Waals surface area (Å²) < 4.78 is 0. The van der Waals surface area contributed by atoms with Crippen LogP contribution in [-0.4, -0.2) is 18.4 Å². The van der Waals surface area contributed by atoms with Crippen molar-refractivity contribution < 1.29 is 4.84 Å². The molecule has 0 bridgehead atoms. The highest BCUT2D eigenvalue weighted by Crippen LogP contribution is 2.20. The van der Waals surface area contributed by atoms with Crippen LogP contribution in [0, 0.1) is 0 Å². The van der Waals surface area contributed by atoms with E-state index in [9.17, 15) is 0 Å². The van der Waals surface area contributed by atoms with Crippen LogP contribution in [0.5, 0.6) is 0 Å². The van der Waals surface area contributed by atoms with Gasteiger partial charge in [0.25, 0.3) is 0 Å². The molecule has 0 amide bonds. The molecule has 1 aliphatic rings. The number of para-hydroxylation sites is 1. The molecular formula is C10H12ClN3O. The molecule has 2 N–H and O–H groups in total. The Balaban J connectivity index is 2.07. The lowest BCUT2D eigenvalue weighted by molar-refractivity contribution is 0.0935. The molecule has 1 heterocycles. The van der Waals surface area contributed by atoms with Crippen LogP contribution in [0.1, 0.15) is 6.92 Å². The van der Waals surface area contributed by atoms with E-state index >= 15 is 0 Å². The molecule has 1 saturated heterocycles. The number of hydrogen-bond donors (Lipinski definition) is 2. The van der Waals surface area contributed by atoms with Crippen LogP contribution < -0.4 is 10.9 Å². The van der Waals surface area contributed by atoms with Crippen LogP contribution in [-0.2, 0) is 4.84 Å². The SMILES string of the molecule is CC1NOCC1=NNc1ccccc1Cl. The van der Waals surface area contributed by atoms with Gasteiger partial charge < -0.3 is 0 Å². The fourth-order valence-corrected chi connectivity index (χ4v) is 1.42. The van der Waals surface area contributed by atoms with E-state index in [1.165, 1.54) is 0 Å². The number of halogens is 1. The van der Waals surface area contributed by atoms with E-state index < -0.39 is 0 Å². The predicted octanol–water partition coefficient (Wildman–Crippen LogP) is 2.03. The molecule has 0 spiro atoms. The molecular weight excluding hydrogens is 214 g/mol. The molecule has 1 aromatic carbocycles. The molecule has 2 rings (SSSR count). The quantitative estimate of drug-likeness (QED) is 0.758. The summed E-state index contributed by atoms with van der Waals surface area (Å²) in [5.74, 6) is 0. The van der Waals surface area contributed by atoms with Crippen molar-refractivity contribution in [2.45, 2.75) is 13.0 Å². The van der Waals surface area contributed by atoms with E-state index in [1.54, 1.807) is 0 Å². The molecule has 0 aromatic heterocycles. The van der Waals surface area contributed by atoms with Gasteiger partial charge in [-0.15, -0.1) is 0 Å². The molecule has 1 aliphatic heterocycles. The molecule has 4 nitrogen and oxygen atoms in total. The summed E-state index contributed by atoms with van der Waals surface area (Å²) in [5, 5.41) is 4.88. The number of nitrogens with one attached hydrogen (secondary N) is 2. The Kier molecular flexibility index (Phi) is 3.20. The topological polar surface area (TPSA) is 45.6 Å². The smallest absolute Gasteiger partial charge is 0.110 e. The predicted molar refractivity (Wildman–Crippen MR) is 61.1 cm³/mol. The van der Waals surface area contributed by atoms with Crippen LogP contribution in [0.25, 0.3) is 0 Å². The molecule has 5 heteroatoms. The van der Waals surface area contributed by atoms with E-state index in [2.05, 4.69) is 16.0 Å². The van der Waals surface area contributed by atoms with Gasteiger partial charge in [-0.05, 0) is 19.1 Å². The highest BCUT2D eigenvalue weighted by atomic mass is 35.5. The van der Waals surface area contributed by atoms with E-state index in [1.807, 2.05) is 31.2 Å². The minimum atomic E-state index is 0.139. The lowest BCUT2D eigenvalue weighted by Crippen LogP contribution is -2.23. The highest BCUT2D eigenvalue weighted by molar-refractivity contribution is 6.33. The molecule has 0 saturated carbocycles. The number of benzene rings is 1. The van der Waals surface area contributed by atoms with Gasteiger partial charge in [-0.3, -0.25) is 10.3 Å². The van der Waals surface area contributed by atoms with Gasteiger partial charge in [-0.25, -0.2) is 0 Å². The summed E-state index contributed by atoms with van der Waals surface area (Å²) in [7, 11) is 0. The van der Waals surface area contributed by atoms with Crippen molar-refractivity contribution in [2.24, 2.45) is 5.10 Å². The zero-order valence-electron chi connectivity index (χ0n) is 8.33. The van der Waals surface area contributed by atoms with Crippen molar-refractivity contribution in [1.82, 2.24) is 5.48 Å². The fraction of sp³-hybridized carbons (Fsp3) is 0.300. The van der Waals surface area contributed by atoms with Crippen molar-refractivity contribution >= 4 is 23.0 Å². The third kappa shape index (κ3) is 2.47. The first-order valence-corrected chi connectivity index (χ1v) is 5.09. The zero-order valence-corrected chi connectivity index (χ0v) is 9.08. The standard InChI is InChI=1S/C10H12ClN3O/c1-7-10(6-15-14-7)13-12-9-5-3-2-4-8(9)11/h2-5,7,12,14H,6H2,1H3. The summed E-state index contributed by atoms with van der Waals surface area (Å²) in [6.07, 6.45) is 0. The molecule has 0 aliphatic carbocycles. The van der Waals surface area contributed by atoms with E-state index in [0.29, 0.717) is 11.6 Å². The minimum absolute atomic E-state index is 0.139. The molecule has 15 heavy (non-hydrogen) atoms. The van der Waals surface area contributed by atoms with Crippen LogP contribution in [0.3, 0.4) is 0 Å². The van der Waals surface area contributed by atoms with E-state index in [4.69, 9.17) is 16.4 Å². The number of anilines is 1. The lowest BCUT2D eigenvalue weighted by atomic mass is 10.2. The first-order chi connectivity index (χ1) is 7.27. The molecule has 1 aromatic rings. The van der Waals surface area contributed by atoms with E-state index in [-0.39, 0.29) is 6.04 Å². The maximum absolute atomic E-state index is 5.97. The zero-order chi connectivity index (χ0) is 10.7. The summed E-state index contributed by atoms with van der Waals surface area (Å²) >= 11 is 5.97. The Labute approximate surface area is 93.2 Å². The van der Waals surface area contributed by atoms with Crippen molar-refractivity contribution in [1.29, 1.82) is 0 Å². The average molecular weight is 226 g/mol. The first kappa shape index (κ1) is 10.4. The molecule has 1 atom stereocenters. The Morgan fingerprint density at radius 3 is 3.00 bits per heavy atom. The second-order valence-electron chi connectivity index (χ2n) is 3.32. The van der Waals surface area contributed by atoms with Crippen molar-refractivity contribution in [3.8, 4) is 0 Å². The van der Waals surface area contributed by atoms with Crippen LogP contribution >= 0.6 is 11.6 Å². The van der Waals surface area contributed by atoms with E-state index in [0.717, 1.165) is 11.4 Å². The normalized spacial score (nSPS) is 23.3. The average Bonchev–Trinajstić information content (AvgIpc) is 2.63. The molecule has 0 radical (unpaired) electrons. The second kappa shape index (κ2) is 4.61. The number of hydroxylamine groups is 1. The Morgan fingerprint density at radius 2 is 2.33 bits per heavy atom. The lowest BCUT2D eigenvalue weighted by Gasteiger charge is -2.05. The molecule has 1 fully saturated rings. The van der Waals surface area contributed by atoms with Crippen LogP contribution in [0.15, 0.2) is 29.4 Å². The number of rotatable bonds is 2. The fourth-order valence-electron chi connectivity index (χ4n) is 1.25. The molecule has 1 unspecified atom stereocenters. The van der Waals surface area contributed by atoms with Crippen LogP contribution in [0.2, 0.25) is 5.02 Å². The second-order valence-corrected chi connectivity index (χ2v) is 3.73. The maximum Gasteiger partial charge on any atom is 0.110 e. The monoisotopic (exact) mass is 225 g/mol. The van der Waals surface area contributed by atoms with Crippen LogP contribution in [0.4, 0.5) is 5.69 Å². The number of hydrazone groups is 1. The Bertz CT molecular complexity index is 381. The third-order valence-corrected chi connectivity index (χ3v) is 2.50. The Morgan fingerprint density at radius 1 is 1.53 bits per heavy atom. The largest absolute Gasteiger partial charge is 0.295 e. The van der Waals surface area contributed by atoms with Gasteiger partial charge in [0.1, 0.15) is 6.61 Å². The van der Waals surface area contributed by atoms with Gasteiger partial charge in [-0.2, -0.15) is 10.6 Å². The highest BCUT2D eigenvalue weighted by Gasteiger charge is 2.17. The van der Waals surface area contributed by atoms with Gasteiger partial charge in [0.2, 0.25) is 0 Å². The molecule has 80 valence electrons. The van der Waals surface area contributed by atoms with Crippen molar-refractivity contribution in [3.05, 3.63) is 29.3 Å². The van der Waals surface area contributed by atoms with Gasteiger partial charge in [-0.1, -0.05) is 23.7 Å². The van der Waals surface area contributed by atoms with Gasteiger partial charge in [0.15, 0.2) is 0 Å². The summed E-state index contributed by atoms with van der Waals surface area (Å²) in [6.45, 7) is 2.48. The first-order valence-electron chi connectivity index (χ1n) is 4.71. The summed E-state index contributed by atoms with van der Waals surface area (Å²) in [4.78, 5) is 5.03. The van der Waals surface area contributed by atoms with Gasteiger partial charge in [0.05, 0.1) is 22.5 Å². The number of hydrogen-bond acceptors (Lipinski definition) is 4.